The van der Waals surface area contributed by atoms with E-state index in [1.807, 2.05) is 24.3 Å². The Morgan fingerprint density at radius 2 is 2.25 bits per heavy atom. The van der Waals surface area contributed by atoms with E-state index in [1.54, 1.807) is 0 Å². The molecule has 1 aromatic carbocycles. The Balaban J connectivity index is 2.25. The first-order valence-corrected chi connectivity index (χ1v) is 5.25. The third kappa shape index (κ3) is 1.97. The molecule has 1 aliphatic carbocycles. The third-order valence-electron chi connectivity index (χ3n) is 2.80. The molecule has 1 aliphatic rings. The van der Waals surface area contributed by atoms with Gasteiger partial charge in [-0.15, -0.1) is 0 Å². The number of aldehydes is 1. The van der Waals surface area contributed by atoms with Crippen molar-refractivity contribution in [2.75, 3.05) is 0 Å². The smallest absolute Gasteiger partial charge is 0.131 e. The van der Waals surface area contributed by atoms with Gasteiger partial charge in [-0.05, 0) is 30.5 Å². The van der Waals surface area contributed by atoms with Crippen LogP contribution in [0.25, 0.3) is 0 Å². The summed E-state index contributed by atoms with van der Waals surface area (Å²) in [5, 5.41) is 9.08. The topological polar surface area (TPSA) is 40.9 Å². The average Bonchev–Trinajstić information content (AvgIpc) is 3.11. The summed E-state index contributed by atoms with van der Waals surface area (Å²) in [6.45, 7) is 0. The summed E-state index contributed by atoms with van der Waals surface area (Å²) < 4.78 is 0. The van der Waals surface area contributed by atoms with Gasteiger partial charge in [0.1, 0.15) is 6.29 Å². The molecule has 0 heterocycles. The van der Waals surface area contributed by atoms with Crippen LogP contribution >= 0.6 is 0 Å². The zero-order valence-electron chi connectivity index (χ0n) is 8.86. The van der Waals surface area contributed by atoms with Crippen LogP contribution in [0.1, 0.15) is 30.4 Å². The van der Waals surface area contributed by atoms with Crippen LogP contribution in [0.4, 0.5) is 0 Å². The highest BCUT2D eigenvalue weighted by molar-refractivity contribution is 5.55. The fourth-order valence-electron chi connectivity index (χ4n) is 1.68. The van der Waals surface area contributed by atoms with E-state index in [4.69, 9.17) is 5.26 Å². The van der Waals surface area contributed by atoms with Crippen molar-refractivity contribution in [3.63, 3.8) is 0 Å². The SMILES string of the molecule is N#CC1(c2cccc(C#CCC=O)c2)CC1. The van der Waals surface area contributed by atoms with Gasteiger partial charge < -0.3 is 4.79 Å². The lowest BCUT2D eigenvalue weighted by Crippen LogP contribution is -2.02. The number of hydrogen-bond donors (Lipinski definition) is 0. The summed E-state index contributed by atoms with van der Waals surface area (Å²) in [7, 11) is 0. The van der Waals surface area contributed by atoms with Gasteiger partial charge in [0.15, 0.2) is 0 Å². The summed E-state index contributed by atoms with van der Waals surface area (Å²) in [6.07, 6.45) is 2.92. The molecule has 78 valence electrons. The van der Waals surface area contributed by atoms with Crippen LogP contribution in [-0.4, -0.2) is 6.29 Å². The number of benzene rings is 1. The molecule has 0 aliphatic heterocycles. The maximum atomic E-state index is 10.1. The highest BCUT2D eigenvalue weighted by Gasteiger charge is 2.44. The average molecular weight is 209 g/mol. The van der Waals surface area contributed by atoms with Crippen LogP contribution in [0, 0.1) is 23.2 Å². The molecule has 2 rings (SSSR count). The van der Waals surface area contributed by atoms with Crippen molar-refractivity contribution >= 4 is 6.29 Å². The van der Waals surface area contributed by atoms with Gasteiger partial charge in [0, 0.05) is 5.56 Å². The largest absolute Gasteiger partial charge is 0.302 e. The van der Waals surface area contributed by atoms with Gasteiger partial charge in [-0.3, -0.25) is 0 Å². The van der Waals surface area contributed by atoms with Gasteiger partial charge in [0.05, 0.1) is 17.9 Å². The molecule has 0 aromatic heterocycles. The molecule has 0 bridgehead atoms. The monoisotopic (exact) mass is 209 g/mol. The Hall–Kier alpha value is -2.06. The lowest BCUT2D eigenvalue weighted by molar-refractivity contribution is -0.107. The fourth-order valence-corrected chi connectivity index (χ4v) is 1.68. The first kappa shape index (κ1) is 10.5. The van der Waals surface area contributed by atoms with Crippen LogP contribution in [0.3, 0.4) is 0 Å². The van der Waals surface area contributed by atoms with Crippen molar-refractivity contribution in [1.82, 2.24) is 0 Å². The van der Waals surface area contributed by atoms with Crippen molar-refractivity contribution < 1.29 is 4.79 Å². The van der Waals surface area contributed by atoms with E-state index in [-0.39, 0.29) is 11.8 Å². The Morgan fingerprint density at radius 1 is 1.44 bits per heavy atom. The Bertz CT molecular complexity index is 510. The zero-order chi connectivity index (χ0) is 11.4. The summed E-state index contributed by atoms with van der Waals surface area (Å²) in [5.74, 6) is 5.69. The molecule has 1 aromatic rings. The standard InChI is InChI=1S/C14H11NO/c15-11-14(7-8-14)13-6-3-5-12(10-13)4-1-2-9-16/h3,5-6,9-10H,2,7-8H2. The van der Waals surface area contributed by atoms with E-state index in [9.17, 15) is 4.79 Å². The minimum absolute atomic E-state index is 0.258. The van der Waals surface area contributed by atoms with Gasteiger partial charge >= 0.3 is 0 Å². The molecule has 0 unspecified atom stereocenters. The quantitative estimate of drug-likeness (QED) is 0.553. The third-order valence-corrected chi connectivity index (χ3v) is 2.80. The van der Waals surface area contributed by atoms with Gasteiger partial charge in [-0.25, -0.2) is 0 Å². The predicted octanol–water partition coefficient (Wildman–Crippen LogP) is 2.18. The van der Waals surface area contributed by atoms with Gasteiger partial charge in [0.25, 0.3) is 0 Å². The summed E-state index contributed by atoms with van der Waals surface area (Å²) in [4.78, 5) is 10.1. The second-order valence-corrected chi connectivity index (χ2v) is 3.95. The second kappa shape index (κ2) is 4.21. The van der Waals surface area contributed by atoms with E-state index in [0.717, 1.165) is 30.3 Å². The lowest BCUT2D eigenvalue weighted by atomic mass is 9.96. The van der Waals surface area contributed by atoms with E-state index < -0.39 is 0 Å². The Morgan fingerprint density at radius 3 is 2.88 bits per heavy atom. The number of rotatable bonds is 2. The summed E-state index contributed by atoms with van der Waals surface area (Å²) >= 11 is 0. The maximum Gasteiger partial charge on any atom is 0.131 e. The summed E-state index contributed by atoms with van der Waals surface area (Å²) in [6, 6.07) is 10.1. The molecule has 16 heavy (non-hydrogen) atoms. The van der Waals surface area contributed by atoms with Crippen LogP contribution in [0.5, 0.6) is 0 Å². The number of carbonyl (C=O) groups excluding carboxylic acids is 1. The Labute approximate surface area is 94.9 Å². The molecular weight excluding hydrogens is 198 g/mol. The molecule has 2 nitrogen and oxygen atoms in total. The molecule has 1 saturated carbocycles. The van der Waals surface area contributed by atoms with E-state index in [1.165, 1.54) is 0 Å². The minimum Gasteiger partial charge on any atom is -0.302 e. The normalized spacial score (nSPS) is 15.4. The van der Waals surface area contributed by atoms with Crippen molar-refractivity contribution in [3.05, 3.63) is 35.4 Å². The number of nitriles is 1. The van der Waals surface area contributed by atoms with Crippen molar-refractivity contribution in [2.24, 2.45) is 0 Å². The summed E-state index contributed by atoms with van der Waals surface area (Å²) in [5.41, 5.74) is 1.66. The lowest BCUT2D eigenvalue weighted by Gasteiger charge is -2.05. The fraction of sp³-hybridized carbons (Fsp3) is 0.286. The molecular formula is C14H11NO. The molecule has 1 fully saturated rings. The van der Waals surface area contributed by atoms with E-state index in [2.05, 4.69) is 17.9 Å². The van der Waals surface area contributed by atoms with Crippen LogP contribution < -0.4 is 0 Å². The zero-order valence-corrected chi connectivity index (χ0v) is 8.86. The molecule has 0 saturated heterocycles. The molecule has 0 N–H and O–H groups in total. The van der Waals surface area contributed by atoms with Gasteiger partial charge in [-0.1, -0.05) is 24.0 Å². The van der Waals surface area contributed by atoms with Gasteiger partial charge in [0.2, 0.25) is 0 Å². The molecule has 2 heteroatoms. The van der Waals surface area contributed by atoms with Crippen molar-refractivity contribution in [2.45, 2.75) is 24.7 Å². The maximum absolute atomic E-state index is 10.1. The number of nitrogens with zero attached hydrogens (tertiary/aromatic N) is 1. The second-order valence-electron chi connectivity index (χ2n) is 3.95. The van der Waals surface area contributed by atoms with Crippen LogP contribution in [0.15, 0.2) is 24.3 Å². The molecule has 0 amide bonds. The van der Waals surface area contributed by atoms with Crippen LogP contribution in [0.2, 0.25) is 0 Å². The first-order valence-electron chi connectivity index (χ1n) is 5.25. The van der Waals surface area contributed by atoms with E-state index >= 15 is 0 Å². The number of carbonyl (C=O) groups is 1. The van der Waals surface area contributed by atoms with Crippen molar-refractivity contribution in [1.29, 1.82) is 5.26 Å². The van der Waals surface area contributed by atoms with Crippen molar-refractivity contribution in [3.8, 4) is 17.9 Å². The highest BCUT2D eigenvalue weighted by atomic mass is 16.1. The van der Waals surface area contributed by atoms with E-state index in [0.29, 0.717) is 0 Å². The minimum atomic E-state index is -0.262. The number of hydrogen-bond acceptors (Lipinski definition) is 2. The molecule has 0 radical (unpaired) electrons. The Kier molecular flexibility index (Phi) is 2.75. The molecule has 0 atom stereocenters. The van der Waals surface area contributed by atoms with Gasteiger partial charge in [-0.2, -0.15) is 5.26 Å². The van der Waals surface area contributed by atoms with Crippen LogP contribution in [-0.2, 0) is 10.2 Å². The predicted molar refractivity (Wildman–Crippen MR) is 60.5 cm³/mol. The molecule has 0 spiro atoms. The first-order chi connectivity index (χ1) is 7.80. The highest BCUT2D eigenvalue weighted by Crippen LogP contribution is 2.47.